The van der Waals surface area contributed by atoms with E-state index in [2.05, 4.69) is 10.4 Å². The third kappa shape index (κ3) is 3.46. The first kappa shape index (κ1) is 10.1. The molecule has 0 saturated carbocycles. The molecular formula is C8H12ClN3O. The van der Waals surface area contributed by atoms with Gasteiger partial charge in [0.2, 0.25) is 5.91 Å². The number of halogens is 1. The largest absolute Gasteiger partial charge is 0.356 e. The van der Waals surface area contributed by atoms with Crippen molar-refractivity contribution < 1.29 is 4.79 Å². The van der Waals surface area contributed by atoms with Crippen LogP contribution in [0.25, 0.3) is 0 Å². The zero-order valence-electron chi connectivity index (χ0n) is 7.46. The first-order valence-corrected chi connectivity index (χ1v) is 4.55. The van der Waals surface area contributed by atoms with Crippen molar-refractivity contribution in [1.29, 1.82) is 0 Å². The smallest absolute Gasteiger partial charge is 0.221 e. The predicted molar refractivity (Wildman–Crippen MR) is 50.5 cm³/mol. The molecule has 0 aliphatic rings. The molecule has 0 fully saturated rings. The summed E-state index contributed by atoms with van der Waals surface area (Å²) < 4.78 is 1.65. The van der Waals surface area contributed by atoms with E-state index < -0.39 is 0 Å². The number of aryl methyl sites for hydroxylation is 1. The second-order valence-corrected chi connectivity index (χ2v) is 3.06. The van der Waals surface area contributed by atoms with Crippen LogP contribution in [0, 0.1) is 0 Å². The van der Waals surface area contributed by atoms with Crippen molar-refractivity contribution in [3.05, 3.63) is 17.4 Å². The van der Waals surface area contributed by atoms with Crippen LogP contribution in [0.1, 0.15) is 13.3 Å². The lowest BCUT2D eigenvalue weighted by atomic mass is 10.4. The van der Waals surface area contributed by atoms with E-state index >= 15 is 0 Å². The minimum atomic E-state index is 0.0362. The van der Waals surface area contributed by atoms with Gasteiger partial charge in [-0.05, 0) is 6.92 Å². The Labute approximate surface area is 81.9 Å². The third-order valence-electron chi connectivity index (χ3n) is 1.54. The first-order chi connectivity index (χ1) is 6.22. The minimum absolute atomic E-state index is 0.0362. The topological polar surface area (TPSA) is 46.9 Å². The summed E-state index contributed by atoms with van der Waals surface area (Å²) in [7, 11) is 0. The Balaban J connectivity index is 2.30. The van der Waals surface area contributed by atoms with Crippen LogP contribution >= 0.6 is 11.6 Å². The highest BCUT2D eigenvalue weighted by atomic mass is 35.5. The minimum Gasteiger partial charge on any atom is -0.356 e. The Morgan fingerprint density at radius 3 is 3.08 bits per heavy atom. The Bertz CT molecular complexity index is 285. The maximum atomic E-state index is 11.0. The molecule has 1 aromatic rings. The zero-order valence-corrected chi connectivity index (χ0v) is 8.21. The normalized spacial score (nSPS) is 10.0. The average molecular weight is 202 g/mol. The molecule has 0 unspecified atom stereocenters. The lowest BCUT2D eigenvalue weighted by molar-refractivity contribution is -0.121. The van der Waals surface area contributed by atoms with E-state index in [1.54, 1.807) is 17.1 Å². The van der Waals surface area contributed by atoms with E-state index in [1.165, 1.54) is 0 Å². The van der Waals surface area contributed by atoms with Crippen molar-refractivity contribution in [1.82, 2.24) is 15.1 Å². The van der Waals surface area contributed by atoms with Gasteiger partial charge >= 0.3 is 0 Å². The van der Waals surface area contributed by atoms with Gasteiger partial charge in [-0.15, -0.1) is 0 Å². The number of carbonyl (C=O) groups is 1. The molecule has 4 nitrogen and oxygen atoms in total. The van der Waals surface area contributed by atoms with Gasteiger partial charge in [-0.3, -0.25) is 9.48 Å². The maximum absolute atomic E-state index is 11.0. The summed E-state index contributed by atoms with van der Waals surface area (Å²) >= 11 is 5.65. The summed E-state index contributed by atoms with van der Waals surface area (Å²) in [4.78, 5) is 11.0. The highest BCUT2D eigenvalue weighted by Crippen LogP contribution is 2.04. The van der Waals surface area contributed by atoms with Crippen molar-refractivity contribution in [3.63, 3.8) is 0 Å². The fourth-order valence-corrected chi connectivity index (χ4v) is 1.12. The van der Waals surface area contributed by atoms with Gasteiger partial charge in [0.15, 0.2) is 0 Å². The quantitative estimate of drug-likeness (QED) is 0.792. The number of hydrogen-bond donors (Lipinski definition) is 1. The molecule has 0 spiro atoms. The van der Waals surface area contributed by atoms with Crippen LogP contribution in [-0.4, -0.2) is 22.2 Å². The molecule has 1 amide bonds. The predicted octanol–water partition coefficient (Wildman–Crippen LogP) is 1.06. The van der Waals surface area contributed by atoms with Crippen LogP contribution in [0.3, 0.4) is 0 Å². The summed E-state index contributed by atoms with van der Waals surface area (Å²) in [5, 5.41) is 7.26. The molecule has 0 atom stereocenters. The number of nitrogens with zero attached hydrogens (tertiary/aromatic N) is 2. The monoisotopic (exact) mass is 201 g/mol. The second kappa shape index (κ2) is 4.87. The fourth-order valence-electron chi connectivity index (χ4n) is 0.962. The van der Waals surface area contributed by atoms with Crippen molar-refractivity contribution in [2.45, 2.75) is 19.9 Å². The van der Waals surface area contributed by atoms with Crippen LogP contribution in [-0.2, 0) is 11.3 Å². The molecule has 0 saturated heterocycles. The molecule has 0 aliphatic carbocycles. The number of carbonyl (C=O) groups excluding carboxylic acids is 1. The van der Waals surface area contributed by atoms with Gasteiger partial charge in [0.05, 0.1) is 11.2 Å². The summed E-state index contributed by atoms with van der Waals surface area (Å²) in [6, 6.07) is 0. The van der Waals surface area contributed by atoms with Crippen molar-refractivity contribution >= 4 is 17.5 Å². The van der Waals surface area contributed by atoms with Gasteiger partial charge < -0.3 is 5.32 Å². The Kier molecular flexibility index (Phi) is 3.76. The molecule has 5 heteroatoms. The van der Waals surface area contributed by atoms with Gasteiger partial charge in [-0.25, -0.2) is 0 Å². The maximum Gasteiger partial charge on any atom is 0.221 e. The average Bonchev–Trinajstić information content (AvgIpc) is 2.49. The van der Waals surface area contributed by atoms with E-state index in [9.17, 15) is 4.79 Å². The second-order valence-electron chi connectivity index (χ2n) is 2.63. The Morgan fingerprint density at radius 2 is 2.54 bits per heavy atom. The molecule has 13 heavy (non-hydrogen) atoms. The van der Waals surface area contributed by atoms with Gasteiger partial charge in [-0.2, -0.15) is 5.10 Å². The van der Waals surface area contributed by atoms with E-state index in [1.807, 2.05) is 6.92 Å². The number of nitrogens with one attached hydrogen (secondary N) is 1. The van der Waals surface area contributed by atoms with Gasteiger partial charge in [0, 0.05) is 25.7 Å². The third-order valence-corrected chi connectivity index (χ3v) is 1.74. The Morgan fingerprint density at radius 1 is 1.77 bits per heavy atom. The highest BCUT2D eigenvalue weighted by molar-refractivity contribution is 6.30. The van der Waals surface area contributed by atoms with E-state index in [4.69, 9.17) is 11.6 Å². The Hall–Kier alpha value is -1.03. The standard InChI is InChI=1S/C8H12ClN3O/c1-2-10-8(13)3-4-12-6-7(9)5-11-12/h5-6H,2-4H2,1H3,(H,10,13). The SMILES string of the molecule is CCNC(=O)CCn1cc(Cl)cn1. The van der Waals surface area contributed by atoms with Crippen molar-refractivity contribution in [3.8, 4) is 0 Å². The molecule has 1 N–H and O–H groups in total. The molecule has 0 aromatic carbocycles. The zero-order chi connectivity index (χ0) is 9.68. The molecule has 0 bridgehead atoms. The highest BCUT2D eigenvalue weighted by Gasteiger charge is 2.00. The van der Waals surface area contributed by atoms with Crippen molar-refractivity contribution in [2.75, 3.05) is 6.54 Å². The van der Waals surface area contributed by atoms with Crippen LogP contribution in [0.5, 0.6) is 0 Å². The lowest BCUT2D eigenvalue weighted by Crippen LogP contribution is -2.23. The number of amides is 1. The summed E-state index contributed by atoms with van der Waals surface area (Å²) in [5.74, 6) is 0.0362. The molecule has 0 aliphatic heterocycles. The van der Waals surface area contributed by atoms with E-state index in [0.29, 0.717) is 24.5 Å². The summed E-state index contributed by atoms with van der Waals surface area (Å²) in [5.41, 5.74) is 0. The van der Waals surface area contributed by atoms with Crippen LogP contribution < -0.4 is 5.32 Å². The molecule has 0 radical (unpaired) electrons. The molecule has 72 valence electrons. The van der Waals surface area contributed by atoms with Gasteiger partial charge in [-0.1, -0.05) is 11.6 Å². The number of rotatable bonds is 4. The molecule has 1 heterocycles. The number of hydrogen-bond acceptors (Lipinski definition) is 2. The van der Waals surface area contributed by atoms with Crippen LogP contribution in [0.15, 0.2) is 12.4 Å². The molecular weight excluding hydrogens is 190 g/mol. The molecule has 1 aromatic heterocycles. The lowest BCUT2D eigenvalue weighted by Gasteiger charge is -2.01. The van der Waals surface area contributed by atoms with E-state index in [-0.39, 0.29) is 5.91 Å². The van der Waals surface area contributed by atoms with Crippen LogP contribution in [0.4, 0.5) is 0 Å². The van der Waals surface area contributed by atoms with E-state index in [0.717, 1.165) is 0 Å². The van der Waals surface area contributed by atoms with Gasteiger partial charge in [0.25, 0.3) is 0 Å². The van der Waals surface area contributed by atoms with Gasteiger partial charge in [0.1, 0.15) is 0 Å². The van der Waals surface area contributed by atoms with Crippen LogP contribution in [0.2, 0.25) is 5.02 Å². The summed E-state index contributed by atoms with van der Waals surface area (Å²) in [6.07, 6.45) is 3.69. The molecule has 1 rings (SSSR count). The number of aromatic nitrogens is 2. The first-order valence-electron chi connectivity index (χ1n) is 4.17. The fraction of sp³-hybridized carbons (Fsp3) is 0.500. The summed E-state index contributed by atoms with van der Waals surface area (Å²) in [6.45, 7) is 3.12. The van der Waals surface area contributed by atoms with Crippen molar-refractivity contribution in [2.24, 2.45) is 0 Å².